The van der Waals surface area contributed by atoms with Gasteiger partial charge in [0.15, 0.2) is 5.78 Å². The lowest BCUT2D eigenvalue weighted by atomic mass is 9.97. The van der Waals surface area contributed by atoms with E-state index in [-0.39, 0.29) is 5.78 Å². The fourth-order valence-electron chi connectivity index (χ4n) is 4.79. The van der Waals surface area contributed by atoms with Gasteiger partial charge in [0.2, 0.25) is 0 Å². The van der Waals surface area contributed by atoms with E-state index in [0.717, 1.165) is 71.0 Å². The number of aromatic nitrogens is 2. The quantitative estimate of drug-likeness (QED) is 0.398. The molecule has 5 rings (SSSR count). The van der Waals surface area contributed by atoms with Crippen molar-refractivity contribution in [3.63, 3.8) is 0 Å². The van der Waals surface area contributed by atoms with Crippen LogP contribution in [0.1, 0.15) is 35.8 Å². The molecular weight excluding hydrogens is 388 g/mol. The van der Waals surface area contributed by atoms with Crippen molar-refractivity contribution in [2.24, 2.45) is 0 Å². The molecule has 2 aromatic carbocycles. The molecule has 0 amide bonds. The first-order chi connectivity index (χ1) is 15.1. The van der Waals surface area contributed by atoms with E-state index < -0.39 is 0 Å². The maximum Gasteiger partial charge on any atom is 0.177 e. The number of methoxy groups -OCH3 is 2. The van der Waals surface area contributed by atoms with Gasteiger partial charge in [-0.25, -0.2) is 0 Å². The molecule has 31 heavy (non-hydrogen) atoms. The number of benzene rings is 2. The summed E-state index contributed by atoms with van der Waals surface area (Å²) in [7, 11) is 3.34. The summed E-state index contributed by atoms with van der Waals surface area (Å²) in [6, 6.07) is 16.2. The van der Waals surface area contributed by atoms with Gasteiger partial charge in [-0.3, -0.25) is 9.20 Å². The van der Waals surface area contributed by atoms with Gasteiger partial charge in [-0.1, -0.05) is 12.1 Å². The molecule has 1 aliphatic rings. The predicted octanol–water partition coefficient (Wildman–Crippen LogP) is 5.63. The molecule has 0 saturated heterocycles. The van der Waals surface area contributed by atoms with Crippen molar-refractivity contribution in [2.45, 2.75) is 32.7 Å². The zero-order valence-corrected chi connectivity index (χ0v) is 18.1. The van der Waals surface area contributed by atoms with Crippen LogP contribution >= 0.6 is 0 Å². The van der Waals surface area contributed by atoms with Gasteiger partial charge < -0.3 is 14.0 Å². The molecule has 5 nitrogen and oxygen atoms in total. The van der Waals surface area contributed by atoms with Gasteiger partial charge in [-0.15, -0.1) is 0 Å². The molecule has 1 aliphatic heterocycles. The number of hydrogen-bond donors (Lipinski definition) is 0. The van der Waals surface area contributed by atoms with Crippen molar-refractivity contribution in [1.82, 2.24) is 8.97 Å². The molecule has 0 bridgehead atoms. The lowest BCUT2D eigenvalue weighted by Crippen LogP contribution is -2.00. The summed E-state index contributed by atoms with van der Waals surface area (Å²) in [5.41, 5.74) is 7.52. The molecular formula is C26H26N2O3. The van der Waals surface area contributed by atoms with Crippen LogP contribution in [0.4, 0.5) is 0 Å². The number of nitrogens with zero attached hydrogens (tertiary/aromatic N) is 2. The number of carbonyl (C=O) groups excluding carboxylic acids is 1. The minimum atomic E-state index is 0.0751. The van der Waals surface area contributed by atoms with E-state index in [1.54, 1.807) is 21.1 Å². The molecule has 158 valence electrons. The zero-order chi connectivity index (χ0) is 21.5. The van der Waals surface area contributed by atoms with Gasteiger partial charge in [0.1, 0.15) is 17.1 Å². The van der Waals surface area contributed by atoms with Gasteiger partial charge in [-0.2, -0.15) is 0 Å². The van der Waals surface area contributed by atoms with Crippen molar-refractivity contribution < 1.29 is 14.3 Å². The van der Waals surface area contributed by atoms with Crippen LogP contribution < -0.4 is 9.47 Å². The molecule has 0 spiro atoms. The van der Waals surface area contributed by atoms with Gasteiger partial charge in [0, 0.05) is 30.8 Å². The Labute approximate surface area is 181 Å². The second-order valence-corrected chi connectivity index (χ2v) is 8.03. The molecule has 0 fully saturated rings. The van der Waals surface area contributed by atoms with Gasteiger partial charge in [0.25, 0.3) is 0 Å². The Balaban J connectivity index is 1.77. The summed E-state index contributed by atoms with van der Waals surface area (Å²) in [4.78, 5) is 12.9. The lowest BCUT2D eigenvalue weighted by Gasteiger charge is -2.10. The zero-order valence-electron chi connectivity index (χ0n) is 18.1. The fraction of sp³-hybridized carbons (Fsp3) is 0.269. The third-order valence-electron chi connectivity index (χ3n) is 6.23. The lowest BCUT2D eigenvalue weighted by molar-refractivity contribution is 0.101. The Bertz CT molecular complexity index is 1260. The average molecular weight is 415 g/mol. The Hall–Kier alpha value is -3.47. The molecule has 4 aromatic rings. The van der Waals surface area contributed by atoms with Gasteiger partial charge in [0.05, 0.1) is 25.6 Å². The summed E-state index contributed by atoms with van der Waals surface area (Å²) in [6.45, 7) is 2.60. The number of ether oxygens (including phenoxy) is 2. The summed E-state index contributed by atoms with van der Waals surface area (Å²) in [5, 5.41) is 0. The molecule has 0 saturated carbocycles. The van der Waals surface area contributed by atoms with E-state index in [1.165, 1.54) is 5.56 Å². The highest BCUT2D eigenvalue weighted by Gasteiger charge is 2.28. The van der Waals surface area contributed by atoms with Crippen LogP contribution in [0.5, 0.6) is 11.5 Å². The maximum absolute atomic E-state index is 12.9. The van der Waals surface area contributed by atoms with Gasteiger partial charge in [-0.05, 0) is 66.8 Å². The van der Waals surface area contributed by atoms with E-state index >= 15 is 0 Å². The highest BCUT2D eigenvalue weighted by Crippen LogP contribution is 2.40. The Kier molecular flexibility index (Phi) is 4.81. The molecule has 0 atom stereocenters. The minimum absolute atomic E-state index is 0.0751. The number of rotatable bonds is 5. The largest absolute Gasteiger partial charge is 0.497 e. The first-order valence-corrected chi connectivity index (χ1v) is 10.7. The van der Waals surface area contributed by atoms with E-state index in [0.29, 0.717) is 0 Å². The van der Waals surface area contributed by atoms with Crippen LogP contribution in [0.2, 0.25) is 0 Å². The SMILES string of the molecule is COc1ccc(-c2c3c4n(c(-c5ccc(OC)cc5)cn4c2C(C)=O)CCCC3)cc1. The first kappa shape index (κ1) is 19.5. The molecule has 5 heteroatoms. The van der Waals surface area contributed by atoms with E-state index in [1.807, 2.05) is 24.3 Å². The summed E-state index contributed by atoms with van der Waals surface area (Å²) in [6.07, 6.45) is 5.30. The monoisotopic (exact) mass is 414 g/mol. The normalized spacial score (nSPS) is 13.3. The standard InChI is InChI=1S/C26H26N2O3/c1-17(29)25-24(19-9-13-21(31-3)14-10-19)22-6-4-5-15-27-23(16-28(25)26(22)27)18-7-11-20(30-2)12-8-18/h7-14,16H,4-6,15H2,1-3H3. The van der Waals surface area contributed by atoms with Crippen molar-refractivity contribution in [1.29, 1.82) is 0 Å². The van der Waals surface area contributed by atoms with Crippen LogP contribution in [0.15, 0.2) is 54.7 Å². The molecule has 2 aromatic heterocycles. The van der Waals surface area contributed by atoms with E-state index in [9.17, 15) is 4.79 Å². The number of imidazole rings is 1. The predicted molar refractivity (Wildman–Crippen MR) is 122 cm³/mol. The molecule has 0 aliphatic carbocycles. The number of carbonyl (C=O) groups is 1. The number of hydrogen-bond acceptors (Lipinski definition) is 3. The number of aryl methyl sites for hydroxylation is 2. The Morgan fingerprint density at radius 3 is 2.06 bits per heavy atom. The Morgan fingerprint density at radius 2 is 1.48 bits per heavy atom. The summed E-state index contributed by atoms with van der Waals surface area (Å²) >= 11 is 0. The third-order valence-corrected chi connectivity index (χ3v) is 6.23. The van der Waals surface area contributed by atoms with Crippen LogP contribution in [0, 0.1) is 0 Å². The van der Waals surface area contributed by atoms with Crippen molar-refractivity contribution in [3.8, 4) is 33.9 Å². The van der Waals surface area contributed by atoms with Crippen LogP contribution in [-0.4, -0.2) is 29.0 Å². The van der Waals surface area contributed by atoms with E-state index in [2.05, 4.69) is 39.4 Å². The smallest absolute Gasteiger partial charge is 0.177 e. The van der Waals surface area contributed by atoms with Crippen molar-refractivity contribution >= 4 is 11.4 Å². The van der Waals surface area contributed by atoms with Crippen LogP contribution in [0.25, 0.3) is 28.0 Å². The average Bonchev–Trinajstić information content (AvgIpc) is 3.22. The molecule has 0 radical (unpaired) electrons. The third kappa shape index (κ3) is 3.12. The molecule has 0 N–H and O–H groups in total. The highest BCUT2D eigenvalue weighted by molar-refractivity contribution is 6.03. The van der Waals surface area contributed by atoms with Gasteiger partial charge >= 0.3 is 0 Å². The summed E-state index contributed by atoms with van der Waals surface area (Å²) < 4.78 is 15.1. The fourth-order valence-corrected chi connectivity index (χ4v) is 4.79. The second kappa shape index (κ2) is 7.65. The van der Waals surface area contributed by atoms with Crippen LogP contribution in [-0.2, 0) is 13.0 Å². The van der Waals surface area contributed by atoms with E-state index in [4.69, 9.17) is 9.47 Å². The first-order valence-electron chi connectivity index (χ1n) is 10.7. The van der Waals surface area contributed by atoms with Crippen molar-refractivity contribution in [3.05, 3.63) is 66.0 Å². The highest BCUT2D eigenvalue weighted by atomic mass is 16.5. The molecule has 0 unspecified atom stereocenters. The number of ketones is 1. The van der Waals surface area contributed by atoms with Crippen molar-refractivity contribution in [2.75, 3.05) is 14.2 Å². The summed E-state index contributed by atoms with van der Waals surface area (Å²) in [5.74, 6) is 1.73. The minimum Gasteiger partial charge on any atom is -0.497 e. The maximum atomic E-state index is 12.9. The molecule has 3 heterocycles. The Morgan fingerprint density at radius 1 is 0.871 bits per heavy atom. The topological polar surface area (TPSA) is 44.9 Å². The number of Topliss-reactive ketones (excluding diaryl/α,β-unsaturated/α-hetero) is 1. The van der Waals surface area contributed by atoms with Crippen LogP contribution in [0.3, 0.4) is 0 Å². The second-order valence-electron chi connectivity index (χ2n) is 8.03.